The monoisotopic (exact) mass is 199 g/mol. The lowest BCUT2D eigenvalue weighted by Crippen LogP contribution is -2.52. The van der Waals surface area contributed by atoms with Crippen molar-refractivity contribution in [1.82, 2.24) is 5.32 Å². The van der Waals surface area contributed by atoms with Crippen LogP contribution in [0.25, 0.3) is 0 Å². The molecule has 82 valence electrons. The summed E-state index contributed by atoms with van der Waals surface area (Å²) in [5.74, 6) is -0.0594. The van der Waals surface area contributed by atoms with Gasteiger partial charge in [-0.25, -0.2) is 0 Å². The summed E-state index contributed by atoms with van der Waals surface area (Å²) < 4.78 is 4.97. The van der Waals surface area contributed by atoms with E-state index in [1.165, 1.54) is 6.42 Å². The first-order valence-electron chi connectivity index (χ1n) is 5.63. The van der Waals surface area contributed by atoms with Crippen LogP contribution in [0.5, 0.6) is 0 Å². The molecule has 0 radical (unpaired) electrons. The highest BCUT2D eigenvalue weighted by Crippen LogP contribution is 2.35. The van der Waals surface area contributed by atoms with Gasteiger partial charge < -0.3 is 10.1 Å². The van der Waals surface area contributed by atoms with Crippen LogP contribution in [0.2, 0.25) is 0 Å². The predicted octanol–water partition coefficient (Wildman–Crippen LogP) is 1.86. The Kier molecular flexibility index (Phi) is 4.39. The van der Waals surface area contributed by atoms with Crippen molar-refractivity contribution in [3.05, 3.63) is 0 Å². The van der Waals surface area contributed by atoms with E-state index in [2.05, 4.69) is 12.2 Å². The lowest BCUT2D eigenvalue weighted by Gasteiger charge is -2.42. The Morgan fingerprint density at radius 1 is 1.43 bits per heavy atom. The average Bonchev–Trinajstić information content (AvgIpc) is 2.10. The van der Waals surface area contributed by atoms with Crippen molar-refractivity contribution in [3.8, 4) is 0 Å². The van der Waals surface area contributed by atoms with Crippen molar-refractivity contribution in [1.29, 1.82) is 0 Å². The van der Waals surface area contributed by atoms with Crippen LogP contribution >= 0.6 is 0 Å². The van der Waals surface area contributed by atoms with Gasteiger partial charge in [0.1, 0.15) is 0 Å². The summed E-state index contributed by atoms with van der Waals surface area (Å²) in [4.78, 5) is 11.4. The quantitative estimate of drug-likeness (QED) is 0.664. The highest BCUT2D eigenvalue weighted by molar-refractivity contribution is 5.71. The summed E-state index contributed by atoms with van der Waals surface area (Å²) in [5, 5.41) is 3.47. The molecule has 1 aliphatic carbocycles. The summed E-state index contributed by atoms with van der Waals surface area (Å²) in [5.41, 5.74) is 0.0717. The second-order valence-electron chi connectivity index (χ2n) is 4.04. The molecule has 0 heterocycles. The first kappa shape index (κ1) is 11.5. The third-order valence-corrected chi connectivity index (χ3v) is 2.85. The van der Waals surface area contributed by atoms with Crippen molar-refractivity contribution in [2.24, 2.45) is 0 Å². The lowest BCUT2D eigenvalue weighted by molar-refractivity contribution is -0.145. The molecule has 0 aromatic carbocycles. The number of hydrogen-bond acceptors (Lipinski definition) is 3. The Bertz CT molecular complexity index is 188. The zero-order chi connectivity index (χ0) is 10.4. The zero-order valence-corrected chi connectivity index (χ0v) is 9.27. The van der Waals surface area contributed by atoms with Crippen LogP contribution in [-0.2, 0) is 9.53 Å². The van der Waals surface area contributed by atoms with Crippen LogP contribution in [0, 0.1) is 0 Å². The lowest BCUT2D eigenvalue weighted by atomic mass is 9.74. The predicted molar refractivity (Wildman–Crippen MR) is 56.1 cm³/mol. The van der Waals surface area contributed by atoms with Crippen LogP contribution < -0.4 is 5.32 Å². The molecule has 1 fully saturated rings. The van der Waals surface area contributed by atoms with Gasteiger partial charge in [-0.3, -0.25) is 4.79 Å². The molecule has 3 nitrogen and oxygen atoms in total. The molecule has 3 heteroatoms. The van der Waals surface area contributed by atoms with Crippen LogP contribution in [-0.4, -0.2) is 24.7 Å². The van der Waals surface area contributed by atoms with E-state index in [-0.39, 0.29) is 11.5 Å². The highest BCUT2D eigenvalue weighted by Gasteiger charge is 2.38. The third kappa shape index (κ3) is 2.98. The molecule has 0 amide bonds. The molecule has 1 aliphatic rings. The van der Waals surface area contributed by atoms with Gasteiger partial charge in [0.2, 0.25) is 0 Å². The van der Waals surface area contributed by atoms with Crippen LogP contribution in [0.1, 0.15) is 46.0 Å². The van der Waals surface area contributed by atoms with E-state index in [9.17, 15) is 4.79 Å². The van der Waals surface area contributed by atoms with Crippen molar-refractivity contribution in [2.45, 2.75) is 51.5 Å². The number of ether oxygens (including phenoxy) is 1. The molecular weight excluding hydrogens is 178 g/mol. The largest absolute Gasteiger partial charge is 0.466 e. The Balaban J connectivity index is 2.33. The summed E-state index contributed by atoms with van der Waals surface area (Å²) in [6.45, 7) is 5.48. The van der Waals surface area contributed by atoms with Gasteiger partial charge in [0.25, 0.3) is 0 Å². The molecule has 0 spiro atoms. The second-order valence-corrected chi connectivity index (χ2v) is 4.04. The Labute approximate surface area is 86.2 Å². The van der Waals surface area contributed by atoms with Crippen molar-refractivity contribution in [2.75, 3.05) is 13.2 Å². The minimum atomic E-state index is -0.0594. The average molecular weight is 199 g/mol. The van der Waals surface area contributed by atoms with Gasteiger partial charge in [0.15, 0.2) is 0 Å². The third-order valence-electron chi connectivity index (χ3n) is 2.85. The van der Waals surface area contributed by atoms with E-state index in [0.29, 0.717) is 13.0 Å². The molecule has 14 heavy (non-hydrogen) atoms. The molecule has 0 atom stereocenters. The first-order valence-corrected chi connectivity index (χ1v) is 5.63. The Morgan fingerprint density at radius 3 is 2.57 bits per heavy atom. The number of carbonyl (C=O) groups excluding carboxylic acids is 1. The van der Waals surface area contributed by atoms with Crippen molar-refractivity contribution in [3.63, 3.8) is 0 Å². The summed E-state index contributed by atoms with van der Waals surface area (Å²) in [7, 11) is 0. The molecule has 0 bridgehead atoms. The topological polar surface area (TPSA) is 38.3 Å². The highest BCUT2D eigenvalue weighted by atomic mass is 16.5. The summed E-state index contributed by atoms with van der Waals surface area (Å²) in [6.07, 6.45) is 5.12. The van der Waals surface area contributed by atoms with E-state index in [1.54, 1.807) is 0 Å². The molecule has 0 aromatic heterocycles. The van der Waals surface area contributed by atoms with E-state index in [0.717, 1.165) is 25.8 Å². The summed E-state index contributed by atoms with van der Waals surface area (Å²) >= 11 is 0. The van der Waals surface area contributed by atoms with Crippen LogP contribution in [0.4, 0.5) is 0 Å². The maximum absolute atomic E-state index is 11.4. The number of rotatable bonds is 6. The smallest absolute Gasteiger partial charge is 0.307 e. The van der Waals surface area contributed by atoms with Crippen molar-refractivity contribution >= 4 is 5.97 Å². The maximum Gasteiger partial charge on any atom is 0.307 e. The van der Waals surface area contributed by atoms with E-state index < -0.39 is 0 Å². The number of hydrogen-bond donors (Lipinski definition) is 1. The molecule has 0 aliphatic heterocycles. The number of carbonyl (C=O) groups is 1. The molecule has 0 aromatic rings. The number of nitrogens with one attached hydrogen (secondary N) is 1. The normalized spacial score (nSPS) is 18.7. The van der Waals surface area contributed by atoms with Crippen LogP contribution in [0.15, 0.2) is 0 Å². The fourth-order valence-corrected chi connectivity index (χ4v) is 1.90. The maximum atomic E-state index is 11.4. The molecule has 1 rings (SSSR count). The zero-order valence-electron chi connectivity index (χ0n) is 9.27. The van der Waals surface area contributed by atoms with E-state index in [4.69, 9.17) is 4.74 Å². The fourth-order valence-electron chi connectivity index (χ4n) is 1.90. The van der Waals surface area contributed by atoms with Gasteiger partial charge in [-0.2, -0.15) is 0 Å². The minimum Gasteiger partial charge on any atom is -0.466 e. The van der Waals surface area contributed by atoms with E-state index in [1.807, 2.05) is 6.92 Å². The SMILES string of the molecule is CCCNC1(CC(=O)OCC)CCC1. The molecule has 0 saturated heterocycles. The second kappa shape index (κ2) is 5.35. The molecule has 1 N–H and O–H groups in total. The van der Waals surface area contributed by atoms with Gasteiger partial charge in [-0.15, -0.1) is 0 Å². The number of esters is 1. The van der Waals surface area contributed by atoms with Crippen LogP contribution in [0.3, 0.4) is 0 Å². The van der Waals surface area contributed by atoms with Gasteiger partial charge in [-0.05, 0) is 39.2 Å². The molecule has 1 saturated carbocycles. The van der Waals surface area contributed by atoms with Crippen molar-refractivity contribution < 1.29 is 9.53 Å². The Hall–Kier alpha value is -0.570. The van der Waals surface area contributed by atoms with Gasteiger partial charge >= 0.3 is 5.97 Å². The molecular formula is C11H21NO2. The van der Waals surface area contributed by atoms with E-state index >= 15 is 0 Å². The summed E-state index contributed by atoms with van der Waals surface area (Å²) in [6, 6.07) is 0. The minimum absolute atomic E-state index is 0.0594. The standard InChI is InChI=1S/C11H21NO2/c1-3-8-12-11(6-5-7-11)9-10(13)14-4-2/h12H,3-9H2,1-2H3. The first-order chi connectivity index (χ1) is 6.72. The van der Waals surface area contributed by atoms with Gasteiger partial charge in [0, 0.05) is 5.54 Å². The molecule has 0 unspecified atom stereocenters. The Morgan fingerprint density at radius 2 is 2.14 bits per heavy atom. The fraction of sp³-hybridized carbons (Fsp3) is 0.909. The van der Waals surface area contributed by atoms with Gasteiger partial charge in [-0.1, -0.05) is 6.92 Å². The van der Waals surface area contributed by atoms with Gasteiger partial charge in [0.05, 0.1) is 13.0 Å².